The van der Waals surface area contributed by atoms with Gasteiger partial charge in [0.2, 0.25) is 5.91 Å². The van der Waals surface area contributed by atoms with Crippen molar-refractivity contribution in [1.82, 2.24) is 9.13 Å². The first-order chi connectivity index (χ1) is 11.5. The van der Waals surface area contributed by atoms with E-state index in [1.807, 2.05) is 0 Å². The largest absolute Gasteiger partial charge is 0.331 e. The van der Waals surface area contributed by atoms with E-state index in [1.54, 1.807) is 31.3 Å². The minimum Gasteiger partial charge on any atom is -0.325 e. The lowest BCUT2D eigenvalue weighted by Crippen LogP contribution is -2.41. The van der Waals surface area contributed by atoms with E-state index >= 15 is 0 Å². The highest BCUT2D eigenvalue weighted by Gasteiger charge is 2.13. The molecule has 2 aromatic carbocycles. The molecule has 1 aromatic heterocycles. The normalized spacial score (nSPS) is 10.8. The fourth-order valence-corrected chi connectivity index (χ4v) is 2.48. The first-order valence-electron chi connectivity index (χ1n) is 7.21. The van der Waals surface area contributed by atoms with Gasteiger partial charge in [-0.3, -0.25) is 18.7 Å². The maximum atomic E-state index is 12.9. The van der Waals surface area contributed by atoms with E-state index in [1.165, 1.54) is 28.8 Å². The number of nitrogens with one attached hydrogen (secondary N) is 1. The molecule has 0 aliphatic heterocycles. The minimum absolute atomic E-state index is 0.356. The summed E-state index contributed by atoms with van der Waals surface area (Å²) in [6, 6.07) is 11.9. The van der Waals surface area contributed by atoms with Crippen LogP contribution in [0.15, 0.2) is 58.1 Å². The van der Waals surface area contributed by atoms with Gasteiger partial charge in [0.05, 0.1) is 10.9 Å². The first kappa shape index (κ1) is 15.7. The average Bonchev–Trinajstić information content (AvgIpc) is 2.59. The number of anilines is 1. The molecule has 0 saturated heterocycles. The zero-order chi connectivity index (χ0) is 17.3. The predicted molar refractivity (Wildman–Crippen MR) is 88.5 cm³/mol. The van der Waals surface area contributed by atoms with Gasteiger partial charge < -0.3 is 5.32 Å². The molecule has 0 aliphatic carbocycles. The summed E-state index contributed by atoms with van der Waals surface area (Å²) in [5, 5.41) is 2.88. The van der Waals surface area contributed by atoms with Gasteiger partial charge >= 0.3 is 5.69 Å². The molecule has 3 aromatic rings. The molecule has 0 fully saturated rings. The lowest BCUT2D eigenvalue weighted by atomic mass is 10.2. The fraction of sp³-hybridized carbons (Fsp3) is 0.118. The second-order valence-corrected chi connectivity index (χ2v) is 5.31. The van der Waals surface area contributed by atoms with Crippen molar-refractivity contribution in [2.24, 2.45) is 7.05 Å². The van der Waals surface area contributed by atoms with Crippen LogP contribution in [-0.2, 0) is 18.4 Å². The highest BCUT2D eigenvalue weighted by molar-refractivity contribution is 5.90. The van der Waals surface area contributed by atoms with Crippen LogP contribution in [0.5, 0.6) is 0 Å². The summed E-state index contributed by atoms with van der Waals surface area (Å²) >= 11 is 0. The van der Waals surface area contributed by atoms with Gasteiger partial charge in [-0.25, -0.2) is 9.18 Å². The molecule has 0 atom stereocenters. The van der Waals surface area contributed by atoms with Gasteiger partial charge in [-0.15, -0.1) is 0 Å². The Morgan fingerprint density at radius 2 is 1.75 bits per heavy atom. The van der Waals surface area contributed by atoms with Crippen LogP contribution in [0.3, 0.4) is 0 Å². The topological polar surface area (TPSA) is 73.1 Å². The van der Waals surface area contributed by atoms with Gasteiger partial charge in [-0.1, -0.05) is 12.1 Å². The number of nitrogens with zero attached hydrogens (tertiary/aromatic N) is 2. The van der Waals surface area contributed by atoms with Crippen molar-refractivity contribution >= 4 is 22.5 Å². The van der Waals surface area contributed by atoms with Crippen molar-refractivity contribution in [2.45, 2.75) is 6.54 Å². The lowest BCUT2D eigenvalue weighted by Gasteiger charge is -2.11. The zero-order valence-corrected chi connectivity index (χ0v) is 12.8. The molecular formula is C17H14FN3O3. The molecule has 0 saturated carbocycles. The average molecular weight is 327 g/mol. The second kappa shape index (κ2) is 6.11. The van der Waals surface area contributed by atoms with E-state index in [-0.39, 0.29) is 0 Å². The van der Waals surface area contributed by atoms with Crippen LogP contribution in [-0.4, -0.2) is 15.0 Å². The predicted octanol–water partition coefficient (Wildman–Crippen LogP) is 1.48. The molecule has 0 radical (unpaired) electrons. The number of aromatic nitrogens is 2. The molecule has 24 heavy (non-hydrogen) atoms. The molecule has 0 aliphatic rings. The molecule has 1 amide bonds. The van der Waals surface area contributed by atoms with Crippen molar-refractivity contribution in [3.05, 3.63) is 75.2 Å². The molecule has 1 heterocycles. The van der Waals surface area contributed by atoms with Crippen LogP contribution < -0.4 is 16.6 Å². The molecule has 122 valence electrons. The van der Waals surface area contributed by atoms with E-state index in [9.17, 15) is 18.8 Å². The summed E-state index contributed by atoms with van der Waals surface area (Å²) in [7, 11) is 1.54. The lowest BCUT2D eigenvalue weighted by molar-refractivity contribution is -0.116. The van der Waals surface area contributed by atoms with Crippen molar-refractivity contribution in [1.29, 1.82) is 0 Å². The summed E-state index contributed by atoms with van der Waals surface area (Å²) in [5.41, 5.74) is -0.217. The number of amides is 1. The highest BCUT2D eigenvalue weighted by atomic mass is 19.1. The Bertz CT molecular complexity index is 1040. The molecule has 6 nitrogen and oxygen atoms in total. The van der Waals surface area contributed by atoms with E-state index in [0.29, 0.717) is 16.6 Å². The van der Waals surface area contributed by atoms with Gasteiger partial charge in [0.1, 0.15) is 12.4 Å². The molecule has 0 unspecified atom stereocenters. The third-order valence-electron chi connectivity index (χ3n) is 3.69. The Morgan fingerprint density at radius 3 is 2.46 bits per heavy atom. The van der Waals surface area contributed by atoms with Crippen molar-refractivity contribution in [2.75, 3.05) is 5.32 Å². The second-order valence-electron chi connectivity index (χ2n) is 5.31. The van der Waals surface area contributed by atoms with Crippen LogP contribution >= 0.6 is 0 Å². The van der Waals surface area contributed by atoms with Crippen LogP contribution in [0.25, 0.3) is 10.9 Å². The number of fused-ring (bicyclic) bond motifs is 1. The molecule has 0 bridgehead atoms. The van der Waals surface area contributed by atoms with E-state index in [4.69, 9.17) is 0 Å². The van der Waals surface area contributed by atoms with Gasteiger partial charge in [0.25, 0.3) is 5.56 Å². The molecule has 7 heteroatoms. The Balaban J connectivity index is 1.95. The number of halogens is 1. The summed E-state index contributed by atoms with van der Waals surface area (Å²) in [6.45, 7) is -0.423. The highest BCUT2D eigenvalue weighted by Crippen LogP contribution is 2.08. The maximum Gasteiger partial charge on any atom is 0.331 e. The quantitative estimate of drug-likeness (QED) is 0.792. The minimum atomic E-state index is -0.576. The van der Waals surface area contributed by atoms with Crippen molar-refractivity contribution < 1.29 is 9.18 Å². The fourth-order valence-electron chi connectivity index (χ4n) is 2.48. The van der Waals surface area contributed by atoms with Gasteiger partial charge in [-0.2, -0.15) is 0 Å². The number of carbonyl (C=O) groups is 1. The number of hydrogen-bond acceptors (Lipinski definition) is 3. The molecule has 3 rings (SSSR count). The van der Waals surface area contributed by atoms with E-state index in [0.717, 1.165) is 4.57 Å². The zero-order valence-electron chi connectivity index (χ0n) is 12.8. The van der Waals surface area contributed by atoms with Crippen molar-refractivity contribution in [3.8, 4) is 0 Å². The number of aryl methyl sites for hydroxylation is 1. The van der Waals surface area contributed by atoms with Crippen molar-refractivity contribution in [3.63, 3.8) is 0 Å². The summed E-state index contributed by atoms with van der Waals surface area (Å²) in [4.78, 5) is 36.9. The number of hydrogen-bond donors (Lipinski definition) is 1. The number of carbonyl (C=O) groups excluding carboxylic acids is 1. The van der Waals surface area contributed by atoms with E-state index < -0.39 is 29.5 Å². The van der Waals surface area contributed by atoms with Gasteiger partial charge in [0, 0.05) is 12.7 Å². The number of para-hydroxylation sites is 1. The van der Waals surface area contributed by atoms with Crippen LogP contribution in [0.1, 0.15) is 0 Å². The monoisotopic (exact) mass is 327 g/mol. The third-order valence-corrected chi connectivity index (χ3v) is 3.69. The van der Waals surface area contributed by atoms with Crippen LogP contribution in [0.2, 0.25) is 0 Å². The standard InChI is InChI=1S/C17H14FN3O3/c1-20-14-5-3-2-4-13(14)16(23)21(17(20)24)10-15(22)19-12-8-6-11(18)7-9-12/h2-9H,10H2,1H3,(H,19,22). The Kier molecular flexibility index (Phi) is 3.99. The van der Waals surface area contributed by atoms with Crippen LogP contribution in [0, 0.1) is 5.82 Å². The Labute approximate surface area is 135 Å². The summed E-state index contributed by atoms with van der Waals surface area (Å²) in [6.07, 6.45) is 0. The molecule has 1 N–H and O–H groups in total. The van der Waals surface area contributed by atoms with Gasteiger partial charge in [0.15, 0.2) is 0 Å². The maximum absolute atomic E-state index is 12.9. The summed E-state index contributed by atoms with van der Waals surface area (Å²) < 4.78 is 15.1. The molecular weight excluding hydrogens is 313 g/mol. The number of rotatable bonds is 3. The third kappa shape index (κ3) is 2.83. The summed E-state index contributed by atoms with van der Waals surface area (Å²) in [5.74, 6) is -0.969. The number of benzene rings is 2. The van der Waals surface area contributed by atoms with E-state index in [2.05, 4.69) is 5.32 Å². The SMILES string of the molecule is Cn1c(=O)n(CC(=O)Nc2ccc(F)cc2)c(=O)c2ccccc21. The Morgan fingerprint density at radius 1 is 1.08 bits per heavy atom. The first-order valence-corrected chi connectivity index (χ1v) is 7.21. The van der Waals surface area contributed by atoms with Gasteiger partial charge in [-0.05, 0) is 36.4 Å². The Hall–Kier alpha value is -3.22. The smallest absolute Gasteiger partial charge is 0.325 e. The molecule has 0 spiro atoms. The van der Waals surface area contributed by atoms with Crippen LogP contribution in [0.4, 0.5) is 10.1 Å².